The molecule has 0 radical (unpaired) electrons. The van der Waals surface area contributed by atoms with Gasteiger partial charge in [0.25, 0.3) is 0 Å². The van der Waals surface area contributed by atoms with E-state index in [9.17, 15) is 8.42 Å². The molecule has 0 spiro atoms. The second-order valence-corrected chi connectivity index (χ2v) is 9.96. The molecule has 0 unspecified atom stereocenters. The number of methoxy groups -OCH3 is 1. The van der Waals surface area contributed by atoms with E-state index in [0.29, 0.717) is 39.3 Å². The second-order valence-electron chi connectivity index (χ2n) is 7.73. The lowest BCUT2D eigenvalue weighted by molar-refractivity contribution is 0.311. The van der Waals surface area contributed by atoms with Gasteiger partial charge in [0.2, 0.25) is 16.0 Å². The summed E-state index contributed by atoms with van der Waals surface area (Å²) in [7, 11) is -0.0525. The molecular weight excluding hydrogens is 466 g/mol. The van der Waals surface area contributed by atoms with Gasteiger partial charge in [-0.05, 0) is 25.2 Å². The van der Waals surface area contributed by atoms with Gasteiger partial charge in [-0.1, -0.05) is 23.7 Å². The molecule has 3 aromatic rings. The minimum absolute atomic E-state index is 0.138. The van der Waals surface area contributed by atoms with Crippen LogP contribution in [0.2, 0.25) is 5.15 Å². The number of halogens is 1. The van der Waals surface area contributed by atoms with Crippen LogP contribution in [0.1, 0.15) is 0 Å². The highest BCUT2D eigenvalue weighted by molar-refractivity contribution is 7.92. The molecule has 10 nitrogen and oxygen atoms in total. The number of hydrogen-bond donors (Lipinski definition) is 2. The normalized spacial score (nSPS) is 14.9. The lowest BCUT2D eigenvalue weighted by Crippen LogP contribution is -2.45. The zero-order valence-corrected chi connectivity index (χ0v) is 20.0. The van der Waals surface area contributed by atoms with E-state index in [1.807, 2.05) is 0 Å². The van der Waals surface area contributed by atoms with Gasteiger partial charge in [0.15, 0.2) is 0 Å². The Bertz CT molecular complexity index is 1230. The van der Waals surface area contributed by atoms with E-state index in [0.717, 1.165) is 26.2 Å². The monoisotopic (exact) mass is 491 g/mol. The molecule has 3 heterocycles. The Balaban J connectivity index is 1.52. The summed E-state index contributed by atoms with van der Waals surface area (Å²) in [5, 5.41) is 4.14. The molecule has 33 heavy (non-hydrogen) atoms. The fourth-order valence-corrected chi connectivity index (χ4v) is 4.66. The smallest absolute Gasteiger partial charge is 0.234 e. The van der Waals surface area contributed by atoms with Crippen molar-refractivity contribution < 1.29 is 13.2 Å². The number of rotatable bonds is 8. The van der Waals surface area contributed by atoms with Gasteiger partial charge in [0.1, 0.15) is 16.7 Å². The van der Waals surface area contributed by atoms with Crippen LogP contribution in [0, 0.1) is 0 Å². The Kier molecular flexibility index (Phi) is 7.01. The highest BCUT2D eigenvalue weighted by atomic mass is 35.5. The van der Waals surface area contributed by atoms with E-state index >= 15 is 0 Å². The molecule has 1 aliphatic heterocycles. The predicted octanol–water partition coefficient (Wildman–Crippen LogP) is 2.29. The zero-order chi connectivity index (χ0) is 23.4. The Morgan fingerprint density at radius 3 is 2.67 bits per heavy atom. The summed E-state index contributed by atoms with van der Waals surface area (Å²) in [6, 6.07) is 8.54. The van der Waals surface area contributed by atoms with Crippen LogP contribution >= 0.6 is 11.6 Å². The quantitative estimate of drug-likeness (QED) is 0.458. The lowest BCUT2D eigenvalue weighted by atomic mass is 10.3. The van der Waals surface area contributed by atoms with Gasteiger partial charge >= 0.3 is 0 Å². The minimum atomic E-state index is -3.63. The number of benzene rings is 1. The molecule has 4 rings (SSSR count). The van der Waals surface area contributed by atoms with Gasteiger partial charge < -0.3 is 19.9 Å². The van der Waals surface area contributed by atoms with Crippen molar-refractivity contribution >= 4 is 50.0 Å². The lowest BCUT2D eigenvalue weighted by Gasteiger charge is -2.32. The highest BCUT2D eigenvalue weighted by Crippen LogP contribution is 2.26. The van der Waals surface area contributed by atoms with Crippen LogP contribution in [0.5, 0.6) is 5.75 Å². The van der Waals surface area contributed by atoms with Crippen LogP contribution in [0.25, 0.3) is 10.9 Å². The number of nitrogens with zero attached hydrogens (tertiary/aromatic N) is 5. The number of ether oxygens (including phenoxy) is 1. The summed E-state index contributed by atoms with van der Waals surface area (Å²) in [4.78, 5) is 17.8. The molecular formula is C21H26ClN7O3S. The van der Waals surface area contributed by atoms with Crippen LogP contribution in [-0.2, 0) is 10.0 Å². The maximum absolute atomic E-state index is 12.6. The number of aromatic nitrogens is 3. The van der Waals surface area contributed by atoms with Crippen molar-refractivity contribution in [1.29, 1.82) is 0 Å². The summed E-state index contributed by atoms with van der Waals surface area (Å²) in [6.45, 7) is 3.57. The topological polar surface area (TPSA) is 113 Å². The summed E-state index contributed by atoms with van der Waals surface area (Å²) < 4.78 is 33.1. The molecule has 0 amide bonds. The summed E-state index contributed by atoms with van der Waals surface area (Å²) in [6.07, 6.45) is 1.60. The maximum atomic E-state index is 12.6. The van der Waals surface area contributed by atoms with Crippen molar-refractivity contribution in [2.45, 2.75) is 0 Å². The number of para-hydroxylation sites is 2. The third-order valence-electron chi connectivity index (χ3n) is 5.36. The average molecular weight is 492 g/mol. The van der Waals surface area contributed by atoms with Crippen LogP contribution in [-0.4, -0.2) is 80.9 Å². The van der Waals surface area contributed by atoms with Gasteiger partial charge in [-0.2, -0.15) is 4.98 Å². The first-order valence-corrected chi connectivity index (χ1v) is 12.5. The molecule has 0 aliphatic carbocycles. The van der Waals surface area contributed by atoms with Crippen LogP contribution in [0.3, 0.4) is 0 Å². The van der Waals surface area contributed by atoms with E-state index in [2.05, 4.69) is 41.8 Å². The fraction of sp³-hybridized carbons (Fsp3) is 0.381. The Hall–Kier alpha value is -2.89. The highest BCUT2D eigenvalue weighted by Gasteiger charge is 2.19. The number of nitrogens with one attached hydrogen (secondary N) is 2. The van der Waals surface area contributed by atoms with Gasteiger partial charge in [-0.3, -0.25) is 4.72 Å². The van der Waals surface area contributed by atoms with Crippen molar-refractivity contribution in [3.05, 3.63) is 41.7 Å². The molecule has 12 heteroatoms. The van der Waals surface area contributed by atoms with Gasteiger partial charge in [-0.15, -0.1) is 0 Å². The molecule has 1 aromatic carbocycles. The number of pyridine rings is 1. The number of anilines is 3. The first-order chi connectivity index (χ1) is 15.8. The summed E-state index contributed by atoms with van der Waals surface area (Å²) in [5.41, 5.74) is 1.03. The van der Waals surface area contributed by atoms with Gasteiger partial charge in [-0.25, -0.2) is 18.4 Å². The van der Waals surface area contributed by atoms with Crippen LogP contribution in [0.15, 0.2) is 36.5 Å². The van der Waals surface area contributed by atoms with E-state index in [1.165, 1.54) is 7.11 Å². The Morgan fingerprint density at radius 1 is 1.15 bits per heavy atom. The number of fused-ring (bicyclic) bond motifs is 1. The fourth-order valence-electron chi connectivity index (χ4n) is 3.53. The number of sulfonamides is 1. The van der Waals surface area contributed by atoms with Crippen molar-refractivity contribution in [2.75, 3.05) is 67.6 Å². The van der Waals surface area contributed by atoms with Crippen LogP contribution in [0.4, 0.5) is 17.5 Å². The maximum Gasteiger partial charge on any atom is 0.234 e. The third-order valence-corrected chi connectivity index (χ3v) is 6.84. The molecule has 0 bridgehead atoms. The molecule has 0 saturated carbocycles. The Morgan fingerprint density at radius 2 is 1.91 bits per heavy atom. The molecule has 1 aliphatic rings. The molecule has 2 aromatic heterocycles. The largest absolute Gasteiger partial charge is 0.495 e. The van der Waals surface area contributed by atoms with E-state index < -0.39 is 10.0 Å². The van der Waals surface area contributed by atoms with Gasteiger partial charge in [0.05, 0.1) is 30.3 Å². The molecule has 1 fully saturated rings. The summed E-state index contributed by atoms with van der Waals surface area (Å²) in [5.74, 6) is 1.39. The molecule has 1 saturated heterocycles. The second kappa shape index (κ2) is 9.94. The zero-order valence-electron chi connectivity index (χ0n) is 18.5. The van der Waals surface area contributed by atoms with E-state index in [4.69, 9.17) is 16.3 Å². The Labute approximate surface area is 198 Å². The van der Waals surface area contributed by atoms with E-state index in [-0.39, 0.29) is 12.3 Å². The first-order valence-electron chi connectivity index (χ1n) is 10.5. The van der Waals surface area contributed by atoms with Crippen molar-refractivity contribution in [1.82, 2.24) is 19.9 Å². The SMILES string of the molecule is COc1ccccc1NS(=O)(=O)CCNc1nc(N2CCN(C)CC2)nc2cnc(Cl)cc12. The predicted molar refractivity (Wildman–Crippen MR) is 131 cm³/mol. The number of likely N-dealkylation sites (N-methyl/N-ethyl adjacent to an activating group) is 1. The third kappa shape index (κ3) is 5.73. The van der Waals surface area contributed by atoms with Crippen molar-refractivity contribution in [3.63, 3.8) is 0 Å². The molecule has 0 atom stereocenters. The first kappa shape index (κ1) is 23.3. The average Bonchev–Trinajstić information content (AvgIpc) is 2.79. The van der Waals surface area contributed by atoms with Crippen molar-refractivity contribution in [3.8, 4) is 5.75 Å². The minimum Gasteiger partial charge on any atom is -0.495 e. The van der Waals surface area contributed by atoms with Crippen LogP contribution < -0.4 is 19.7 Å². The van der Waals surface area contributed by atoms with Crippen molar-refractivity contribution in [2.24, 2.45) is 0 Å². The van der Waals surface area contributed by atoms with Gasteiger partial charge in [0, 0.05) is 38.1 Å². The number of hydrogen-bond acceptors (Lipinski definition) is 9. The molecule has 2 N–H and O–H groups in total. The number of piperazine rings is 1. The van der Waals surface area contributed by atoms with E-state index in [1.54, 1.807) is 36.5 Å². The standard InChI is InChI=1S/C21H26ClN7O3S/c1-28-8-10-29(11-9-28)21-25-17-14-24-19(22)13-15(17)20(26-21)23-7-12-33(30,31)27-16-5-3-4-6-18(16)32-2/h3-6,13-14,27H,7-12H2,1-2H3,(H,23,25,26). The molecule has 176 valence electrons. The summed E-state index contributed by atoms with van der Waals surface area (Å²) >= 11 is 6.09.